The number of aromatic amines is 1. The summed E-state index contributed by atoms with van der Waals surface area (Å²) in [6.45, 7) is 1.81. The highest BCUT2D eigenvalue weighted by Gasteiger charge is 2.09. The number of fused-ring (bicyclic) bond motifs is 1. The van der Waals surface area contributed by atoms with Crippen LogP contribution in [0.3, 0.4) is 0 Å². The van der Waals surface area contributed by atoms with Crippen molar-refractivity contribution in [3.8, 4) is 5.95 Å². The number of hydrogen-bond donors (Lipinski definition) is 2. The normalized spacial score (nSPS) is 11.1. The van der Waals surface area contributed by atoms with Crippen molar-refractivity contribution < 1.29 is 0 Å². The van der Waals surface area contributed by atoms with Gasteiger partial charge in [0.2, 0.25) is 5.95 Å². The molecule has 0 saturated heterocycles. The number of H-pyrrole nitrogens is 1. The largest absolute Gasteiger partial charge is 0.383 e. The van der Waals surface area contributed by atoms with Gasteiger partial charge < -0.3 is 5.73 Å². The fraction of sp³-hybridized carbons (Fsp3) is 0.0833. The number of nitrogens with one attached hydrogen (secondary N) is 1. The number of aromatic nitrogens is 4. The van der Waals surface area contributed by atoms with E-state index in [1.165, 1.54) is 4.68 Å². The van der Waals surface area contributed by atoms with Crippen LogP contribution in [0.25, 0.3) is 16.9 Å². The minimum absolute atomic E-state index is 0.282. The number of nitrogen functional groups attached to an aromatic ring is 1. The number of rotatable bonds is 1. The molecule has 7 heteroatoms. The first-order valence-corrected chi connectivity index (χ1v) is 5.94. The molecule has 1 aromatic carbocycles. The molecule has 0 atom stereocenters. The minimum Gasteiger partial charge on any atom is -0.383 e. The third-order valence-corrected chi connectivity index (χ3v) is 2.95. The standard InChI is InChI=1S/C12H10ClN5O/c1-6-4-10(14)18(17-6)12-15-9-3-2-7(13)5-8(9)11(19)16-12/h2-5H,14H2,1H3,(H,15,16,19). The molecule has 19 heavy (non-hydrogen) atoms. The first kappa shape index (κ1) is 11.7. The predicted octanol–water partition coefficient (Wildman–Crippen LogP) is 1.65. The van der Waals surface area contributed by atoms with E-state index in [2.05, 4.69) is 15.1 Å². The lowest BCUT2D eigenvalue weighted by atomic mass is 10.2. The Morgan fingerprint density at radius 2 is 2.16 bits per heavy atom. The van der Waals surface area contributed by atoms with Crippen LogP contribution in [0.4, 0.5) is 5.82 Å². The van der Waals surface area contributed by atoms with Crippen LogP contribution in [0.2, 0.25) is 5.02 Å². The third kappa shape index (κ3) is 1.96. The Balaban J connectivity index is 2.30. The Morgan fingerprint density at radius 3 is 2.84 bits per heavy atom. The van der Waals surface area contributed by atoms with Crippen LogP contribution in [0.1, 0.15) is 5.69 Å². The van der Waals surface area contributed by atoms with E-state index in [1.54, 1.807) is 24.3 Å². The predicted molar refractivity (Wildman–Crippen MR) is 73.6 cm³/mol. The van der Waals surface area contributed by atoms with E-state index < -0.39 is 0 Å². The van der Waals surface area contributed by atoms with Crippen molar-refractivity contribution in [2.24, 2.45) is 0 Å². The Labute approximate surface area is 112 Å². The fourth-order valence-electron chi connectivity index (χ4n) is 1.89. The second kappa shape index (κ2) is 4.10. The maximum absolute atomic E-state index is 12.0. The van der Waals surface area contributed by atoms with Gasteiger partial charge in [0, 0.05) is 11.1 Å². The van der Waals surface area contributed by atoms with E-state index in [0.717, 1.165) is 5.69 Å². The summed E-state index contributed by atoms with van der Waals surface area (Å²) in [5, 5.41) is 5.10. The molecule has 0 spiro atoms. The number of hydrogen-bond acceptors (Lipinski definition) is 4. The maximum atomic E-state index is 12.0. The molecule has 3 rings (SSSR count). The Morgan fingerprint density at radius 1 is 1.37 bits per heavy atom. The van der Waals surface area contributed by atoms with Crippen molar-refractivity contribution in [3.05, 3.63) is 45.3 Å². The molecule has 0 aliphatic rings. The number of nitrogens with two attached hydrogens (primary N) is 1. The van der Waals surface area contributed by atoms with Crippen LogP contribution in [-0.2, 0) is 0 Å². The fourth-order valence-corrected chi connectivity index (χ4v) is 2.06. The molecule has 0 bridgehead atoms. The van der Waals surface area contributed by atoms with Gasteiger partial charge in [0.15, 0.2) is 0 Å². The Hall–Kier alpha value is -2.34. The molecule has 2 heterocycles. The van der Waals surface area contributed by atoms with E-state index in [-0.39, 0.29) is 11.5 Å². The molecule has 3 aromatic rings. The quantitative estimate of drug-likeness (QED) is 0.707. The summed E-state index contributed by atoms with van der Waals surface area (Å²) in [5.74, 6) is 0.694. The third-order valence-electron chi connectivity index (χ3n) is 2.71. The van der Waals surface area contributed by atoms with Crippen molar-refractivity contribution in [2.75, 3.05) is 5.73 Å². The van der Waals surface area contributed by atoms with Crippen LogP contribution in [0.15, 0.2) is 29.1 Å². The summed E-state index contributed by atoms with van der Waals surface area (Å²) < 4.78 is 1.39. The van der Waals surface area contributed by atoms with Gasteiger partial charge in [-0.3, -0.25) is 9.78 Å². The molecule has 2 aromatic heterocycles. The van der Waals surface area contributed by atoms with Gasteiger partial charge in [0.25, 0.3) is 5.56 Å². The molecular weight excluding hydrogens is 266 g/mol. The Bertz CT molecular complexity index is 836. The lowest BCUT2D eigenvalue weighted by Crippen LogP contribution is -2.15. The summed E-state index contributed by atoms with van der Waals surface area (Å²) >= 11 is 5.86. The first-order valence-electron chi connectivity index (χ1n) is 5.57. The van der Waals surface area contributed by atoms with Crippen molar-refractivity contribution in [1.29, 1.82) is 0 Å². The molecule has 0 saturated carbocycles. The summed E-state index contributed by atoms with van der Waals surface area (Å²) in [5.41, 5.74) is 6.81. The van der Waals surface area contributed by atoms with E-state index in [4.69, 9.17) is 17.3 Å². The van der Waals surface area contributed by atoms with Crippen LogP contribution in [-0.4, -0.2) is 19.7 Å². The highest BCUT2D eigenvalue weighted by atomic mass is 35.5. The number of benzene rings is 1. The average molecular weight is 276 g/mol. The number of halogens is 1. The summed E-state index contributed by atoms with van der Waals surface area (Å²) in [6.07, 6.45) is 0. The SMILES string of the molecule is Cc1cc(N)n(-c2nc3ccc(Cl)cc3c(=O)[nH]2)n1. The highest BCUT2D eigenvalue weighted by molar-refractivity contribution is 6.31. The van der Waals surface area contributed by atoms with Gasteiger partial charge in [-0.05, 0) is 25.1 Å². The van der Waals surface area contributed by atoms with Gasteiger partial charge in [0.05, 0.1) is 16.6 Å². The van der Waals surface area contributed by atoms with Crippen LogP contribution >= 0.6 is 11.6 Å². The van der Waals surface area contributed by atoms with Crippen LogP contribution in [0.5, 0.6) is 0 Å². The van der Waals surface area contributed by atoms with Crippen LogP contribution < -0.4 is 11.3 Å². The van der Waals surface area contributed by atoms with Gasteiger partial charge in [-0.15, -0.1) is 0 Å². The molecule has 3 N–H and O–H groups in total. The number of aryl methyl sites for hydroxylation is 1. The molecule has 0 amide bonds. The van der Waals surface area contributed by atoms with Crippen LogP contribution in [0, 0.1) is 6.92 Å². The summed E-state index contributed by atoms with van der Waals surface area (Å²) in [7, 11) is 0. The smallest absolute Gasteiger partial charge is 0.260 e. The van der Waals surface area contributed by atoms with Crippen molar-refractivity contribution in [2.45, 2.75) is 6.92 Å². The second-order valence-corrected chi connectivity index (χ2v) is 4.61. The topological polar surface area (TPSA) is 89.6 Å². The highest BCUT2D eigenvalue weighted by Crippen LogP contribution is 2.16. The van der Waals surface area contributed by atoms with Gasteiger partial charge in [0.1, 0.15) is 5.82 Å². The molecule has 96 valence electrons. The summed E-state index contributed by atoms with van der Waals surface area (Å²) in [4.78, 5) is 19.0. The van der Waals surface area contributed by atoms with E-state index >= 15 is 0 Å². The van der Waals surface area contributed by atoms with Crippen molar-refractivity contribution >= 4 is 28.3 Å². The average Bonchev–Trinajstić information content (AvgIpc) is 2.69. The lowest BCUT2D eigenvalue weighted by molar-refractivity contribution is 0.807. The molecular formula is C12H10ClN5O. The zero-order chi connectivity index (χ0) is 13.6. The molecule has 6 nitrogen and oxygen atoms in total. The summed E-state index contributed by atoms with van der Waals surface area (Å²) in [6, 6.07) is 6.64. The van der Waals surface area contributed by atoms with Gasteiger partial charge in [-0.2, -0.15) is 9.78 Å². The van der Waals surface area contributed by atoms with E-state index in [0.29, 0.717) is 21.7 Å². The molecule has 0 radical (unpaired) electrons. The molecule has 0 aliphatic heterocycles. The van der Waals surface area contributed by atoms with E-state index in [9.17, 15) is 4.79 Å². The van der Waals surface area contributed by atoms with Crippen molar-refractivity contribution in [1.82, 2.24) is 19.7 Å². The number of anilines is 1. The molecule has 0 aliphatic carbocycles. The maximum Gasteiger partial charge on any atom is 0.260 e. The van der Waals surface area contributed by atoms with Gasteiger partial charge >= 0.3 is 0 Å². The van der Waals surface area contributed by atoms with E-state index in [1.807, 2.05) is 6.92 Å². The molecule has 0 fully saturated rings. The molecule has 0 unspecified atom stereocenters. The second-order valence-electron chi connectivity index (χ2n) is 4.17. The monoisotopic (exact) mass is 275 g/mol. The minimum atomic E-state index is -0.282. The zero-order valence-electron chi connectivity index (χ0n) is 10.0. The first-order chi connectivity index (χ1) is 9.04. The Kier molecular flexibility index (Phi) is 2.53. The van der Waals surface area contributed by atoms with Gasteiger partial charge in [-0.1, -0.05) is 11.6 Å². The zero-order valence-corrected chi connectivity index (χ0v) is 10.8. The lowest BCUT2D eigenvalue weighted by Gasteiger charge is -2.04. The number of nitrogens with zero attached hydrogens (tertiary/aromatic N) is 3. The van der Waals surface area contributed by atoms with Gasteiger partial charge in [-0.25, -0.2) is 4.98 Å². The van der Waals surface area contributed by atoms with Crippen molar-refractivity contribution in [3.63, 3.8) is 0 Å².